The zero-order chi connectivity index (χ0) is 21.6. The Labute approximate surface area is 190 Å². The van der Waals surface area contributed by atoms with Gasteiger partial charge in [-0.05, 0) is 37.3 Å². The fourth-order valence-electron chi connectivity index (χ4n) is 3.51. The van der Waals surface area contributed by atoms with Crippen LogP contribution in [0.2, 0.25) is 0 Å². The number of amides is 1. The van der Waals surface area contributed by atoms with Crippen molar-refractivity contribution in [2.45, 2.75) is 49.4 Å². The number of thioether (sulfide) groups is 1. The lowest BCUT2D eigenvalue weighted by atomic mass is 10.2. The van der Waals surface area contributed by atoms with Gasteiger partial charge in [-0.25, -0.2) is 0 Å². The number of hydrogen-bond donors (Lipinski definition) is 1. The monoisotopic (exact) mass is 458 g/mol. The van der Waals surface area contributed by atoms with E-state index in [4.69, 9.17) is 9.47 Å². The molecule has 4 rings (SSSR count). The van der Waals surface area contributed by atoms with E-state index in [1.165, 1.54) is 11.8 Å². The van der Waals surface area contributed by atoms with Crippen molar-refractivity contribution >= 4 is 29.0 Å². The summed E-state index contributed by atoms with van der Waals surface area (Å²) in [6, 6.07) is 11.7. The van der Waals surface area contributed by atoms with Gasteiger partial charge in [-0.2, -0.15) is 0 Å². The molecule has 0 aliphatic carbocycles. The maximum absolute atomic E-state index is 12.8. The molecular weight excluding hydrogens is 432 g/mol. The number of carbonyl (C=O) groups excluding carboxylic acids is 1. The summed E-state index contributed by atoms with van der Waals surface area (Å²) in [5.41, 5.74) is 0.942. The van der Waals surface area contributed by atoms with Crippen molar-refractivity contribution in [2.24, 2.45) is 0 Å². The van der Waals surface area contributed by atoms with Gasteiger partial charge < -0.3 is 14.8 Å². The van der Waals surface area contributed by atoms with Crippen LogP contribution in [0, 0.1) is 0 Å². The van der Waals surface area contributed by atoms with E-state index in [2.05, 4.69) is 20.1 Å². The summed E-state index contributed by atoms with van der Waals surface area (Å²) < 4.78 is 13.3. The molecule has 9 heteroatoms. The third-order valence-corrected chi connectivity index (χ3v) is 7.11. The molecule has 0 spiro atoms. The summed E-state index contributed by atoms with van der Waals surface area (Å²) in [7, 11) is 1.63. The van der Waals surface area contributed by atoms with Gasteiger partial charge in [-0.3, -0.25) is 9.36 Å². The summed E-state index contributed by atoms with van der Waals surface area (Å²) in [5, 5.41) is 14.3. The van der Waals surface area contributed by atoms with Crippen molar-refractivity contribution in [1.82, 2.24) is 20.1 Å². The van der Waals surface area contributed by atoms with E-state index in [-0.39, 0.29) is 17.3 Å². The molecule has 1 aliphatic heterocycles. The van der Waals surface area contributed by atoms with Crippen LogP contribution in [0.3, 0.4) is 0 Å². The molecule has 0 bridgehead atoms. The van der Waals surface area contributed by atoms with Gasteiger partial charge in [0.2, 0.25) is 5.91 Å². The molecule has 1 N–H and O–H groups in total. The number of carbonyl (C=O) groups is 1. The van der Waals surface area contributed by atoms with Gasteiger partial charge in [0.1, 0.15) is 5.75 Å². The van der Waals surface area contributed by atoms with Gasteiger partial charge in [0, 0.05) is 18.7 Å². The number of methoxy groups -OCH3 is 1. The third-order valence-electron chi connectivity index (χ3n) is 5.17. The van der Waals surface area contributed by atoms with Crippen LogP contribution in [0.5, 0.6) is 5.75 Å². The third kappa shape index (κ3) is 5.28. The van der Waals surface area contributed by atoms with Crippen molar-refractivity contribution in [1.29, 1.82) is 0 Å². The molecule has 164 valence electrons. The first-order valence-electron chi connectivity index (χ1n) is 10.3. The number of aromatic nitrogens is 3. The predicted octanol–water partition coefficient (Wildman–Crippen LogP) is 3.99. The van der Waals surface area contributed by atoms with Crippen molar-refractivity contribution in [2.75, 3.05) is 13.7 Å². The highest BCUT2D eigenvalue weighted by molar-refractivity contribution is 8.00. The Kier molecular flexibility index (Phi) is 7.26. The van der Waals surface area contributed by atoms with Crippen LogP contribution in [0.4, 0.5) is 0 Å². The topological polar surface area (TPSA) is 78.3 Å². The SMILES string of the molecule is COc1ccccc1CNC(=O)C(C)Sc1nnc(-c2cccs2)n1CC1CCCO1. The standard InChI is InChI=1S/C22H26N4O3S2/c1-15(21(27)23-13-16-7-3-4-9-18(16)28-2)31-22-25-24-20(19-10-6-12-30-19)26(22)14-17-8-5-11-29-17/h3-4,6-7,9-10,12,15,17H,5,8,11,13-14H2,1-2H3,(H,23,27). The molecule has 31 heavy (non-hydrogen) atoms. The number of para-hydroxylation sites is 1. The fourth-order valence-corrected chi connectivity index (χ4v) is 5.11. The number of nitrogens with zero attached hydrogens (tertiary/aromatic N) is 3. The van der Waals surface area contributed by atoms with E-state index >= 15 is 0 Å². The highest BCUT2D eigenvalue weighted by Gasteiger charge is 2.25. The quantitative estimate of drug-likeness (QED) is 0.489. The highest BCUT2D eigenvalue weighted by Crippen LogP contribution is 2.30. The second kappa shape index (κ2) is 10.3. The molecular formula is C22H26N4O3S2. The van der Waals surface area contributed by atoms with Crippen LogP contribution in [0.1, 0.15) is 25.3 Å². The molecule has 0 saturated carbocycles. The number of rotatable bonds is 9. The van der Waals surface area contributed by atoms with Crippen LogP contribution >= 0.6 is 23.1 Å². The zero-order valence-electron chi connectivity index (χ0n) is 17.6. The molecule has 0 radical (unpaired) electrons. The number of nitrogens with one attached hydrogen (secondary N) is 1. The summed E-state index contributed by atoms with van der Waals surface area (Å²) >= 11 is 3.05. The summed E-state index contributed by atoms with van der Waals surface area (Å²) in [5.74, 6) is 1.54. The molecule has 1 aliphatic rings. The van der Waals surface area contributed by atoms with Crippen molar-refractivity contribution in [3.05, 3.63) is 47.3 Å². The molecule has 3 aromatic rings. The number of benzene rings is 1. The van der Waals surface area contributed by atoms with Crippen molar-refractivity contribution in [3.63, 3.8) is 0 Å². The molecule has 3 heterocycles. The first-order chi connectivity index (χ1) is 15.2. The van der Waals surface area contributed by atoms with Crippen LogP contribution in [-0.4, -0.2) is 45.7 Å². The number of hydrogen-bond acceptors (Lipinski definition) is 7. The highest BCUT2D eigenvalue weighted by atomic mass is 32.2. The largest absolute Gasteiger partial charge is 0.496 e. The molecule has 2 atom stereocenters. The zero-order valence-corrected chi connectivity index (χ0v) is 19.2. The Morgan fingerprint density at radius 3 is 2.97 bits per heavy atom. The Morgan fingerprint density at radius 1 is 1.35 bits per heavy atom. The predicted molar refractivity (Wildman–Crippen MR) is 122 cm³/mol. The molecule has 1 saturated heterocycles. The smallest absolute Gasteiger partial charge is 0.233 e. The lowest BCUT2D eigenvalue weighted by Gasteiger charge is -2.16. The van der Waals surface area contributed by atoms with Crippen molar-refractivity contribution in [3.8, 4) is 16.5 Å². The Morgan fingerprint density at radius 2 is 2.23 bits per heavy atom. The van der Waals surface area contributed by atoms with Gasteiger partial charge >= 0.3 is 0 Å². The van der Waals surface area contributed by atoms with Gasteiger partial charge in [-0.15, -0.1) is 21.5 Å². The van der Waals surface area contributed by atoms with Crippen LogP contribution < -0.4 is 10.1 Å². The lowest BCUT2D eigenvalue weighted by Crippen LogP contribution is -2.31. The molecule has 1 aromatic carbocycles. The summed E-state index contributed by atoms with van der Waals surface area (Å²) in [6.45, 7) is 3.79. The fraction of sp³-hybridized carbons (Fsp3) is 0.409. The molecule has 2 unspecified atom stereocenters. The Hall–Kier alpha value is -2.36. The lowest BCUT2D eigenvalue weighted by molar-refractivity contribution is -0.120. The van der Waals surface area contributed by atoms with E-state index in [0.717, 1.165) is 46.6 Å². The minimum Gasteiger partial charge on any atom is -0.496 e. The van der Waals surface area contributed by atoms with Gasteiger partial charge in [-0.1, -0.05) is 36.0 Å². The summed E-state index contributed by atoms with van der Waals surface area (Å²) in [4.78, 5) is 13.8. The first-order valence-corrected chi connectivity index (χ1v) is 12.1. The van der Waals surface area contributed by atoms with Gasteiger partial charge in [0.05, 0.1) is 29.9 Å². The van der Waals surface area contributed by atoms with Crippen LogP contribution in [0.25, 0.3) is 10.7 Å². The second-order valence-electron chi connectivity index (χ2n) is 7.32. The maximum Gasteiger partial charge on any atom is 0.233 e. The number of ether oxygens (including phenoxy) is 2. The molecule has 2 aromatic heterocycles. The average molecular weight is 459 g/mol. The Balaban J connectivity index is 1.45. The average Bonchev–Trinajstić information content (AvgIpc) is 3.55. The molecule has 1 fully saturated rings. The van der Waals surface area contributed by atoms with Gasteiger partial charge in [0.15, 0.2) is 11.0 Å². The second-order valence-corrected chi connectivity index (χ2v) is 9.57. The summed E-state index contributed by atoms with van der Waals surface area (Å²) in [6.07, 6.45) is 2.26. The van der Waals surface area contributed by atoms with Gasteiger partial charge in [0.25, 0.3) is 0 Å². The van der Waals surface area contributed by atoms with E-state index < -0.39 is 0 Å². The minimum atomic E-state index is -0.321. The minimum absolute atomic E-state index is 0.0553. The van der Waals surface area contributed by atoms with Crippen LogP contribution in [-0.2, 0) is 22.6 Å². The maximum atomic E-state index is 12.8. The Bertz CT molecular complexity index is 1000. The van der Waals surface area contributed by atoms with Crippen LogP contribution in [0.15, 0.2) is 46.9 Å². The van der Waals surface area contributed by atoms with E-state index in [1.807, 2.05) is 48.7 Å². The molecule has 7 nitrogen and oxygen atoms in total. The van der Waals surface area contributed by atoms with E-state index in [0.29, 0.717) is 13.1 Å². The van der Waals surface area contributed by atoms with E-state index in [9.17, 15) is 4.79 Å². The number of thiophene rings is 1. The first kappa shape index (κ1) is 21.9. The normalized spacial score (nSPS) is 16.9. The van der Waals surface area contributed by atoms with E-state index in [1.54, 1.807) is 18.4 Å². The van der Waals surface area contributed by atoms with Crippen molar-refractivity contribution < 1.29 is 14.3 Å². The molecule has 1 amide bonds.